The van der Waals surface area contributed by atoms with Gasteiger partial charge in [-0.25, -0.2) is 0 Å². The molecule has 0 fully saturated rings. The van der Waals surface area contributed by atoms with Gasteiger partial charge in [-0.05, 0) is 40.5 Å². The van der Waals surface area contributed by atoms with Crippen LogP contribution in [0.15, 0.2) is 29.0 Å². The molecule has 0 saturated heterocycles. The molecule has 3 N–H and O–H groups in total. The molecule has 1 atom stereocenters. The fraction of sp³-hybridized carbons (Fsp3) is 0.308. The van der Waals surface area contributed by atoms with Crippen LogP contribution in [0.3, 0.4) is 0 Å². The van der Waals surface area contributed by atoms with Gasteiger partial charge < -0.3 is 15.2 Å². The van der Waals surface area contributed by atoms with E-state index in [0.717, 1.165) is 11.1 Å². The Morgan fingerprint density at radius 3 is 2.95 bits per heavy atom. The fourth-order valence-electron chi connectivity index (χ4n) is 1.77. The van der Waals surface area contributed by atoms with E-state index in [0.29, 0.717) is 16.8 Å². The number of hydrogen-bond acceptors (Lipinski definition) is 4. The van der Waals surface area contributed by atoms with E-state index in [1.165, 1.54) is 7.11 Å². The molecule has 0 bridgehead atoms. The monoisotopic (exact) mass is 325 g/mol. The molecule has 1 unspecified atom stereocenters. The van der Waals surface area contributed by atoms with Crippen LogP contribution in [0.2, 0.25) is 0 Å². The third kappa shape index (κ3) is 3.27. The quantitative estimate of drug-likeness (QED) is 0.790. The van der Waals surface area contributed by atoms with E-state index < -0.39 is 0 Å². The smallest absolute Gasteiger partial charge is 0.172 e. The molecule has 2 rings (SSSR count). The Hall–Kier alpha value is -1.53. The number of nitrogens with zero attached hydrogens (tertiary/aromatic N) is 1. The maximum Gasteiger partial charge on any atom is 0.172 e. The second kappa shape index (κ2) is 6.08. The van der Waals surface area contributed by atoms with Crippen molar-refractivity contribution in [1.82, 2.24) is 15.5 Å². The van der Waals surface area contributed by atoms with Gasteiger partial charge in [0, 0.05) is 24.3 Å². The first kappa shape index (κ1) is 13.9. The van der Waals surface area contributed by atoms with Crippen molar-refractivity contribution in [3.8, 4) is 11.5 Å². The van der Waals surface area contributed by atoms with Gasteiger partial charge in [0.2, 0.25) is 0 Å². The first-order valence-corrected chi connectivity index (χ1v) is 6.68. The molecule has 19 heavy (non-hydrogen) atoms. The lowest BCUT2D eigenvalue weighted by molar-refractivity contribution is 0.371. The van der Waals surface area contributed by atoms with Crippen molar-refractivity contribution in [3.05, 3.63) is 40.1 Å². The standard InChI is InChI=1S/C13H16BrN3O2/c1-8(10-6-16-17-7-10)15-5-9-3-11(14)13(18)12(4-9)19-2/h3-4,6-8,15,18H,5H2,1-2H3,(H,16,17). The number of nitrogens with one attached hydrogen (secondary N) is 2. The van der Waals surface area contributed by atoms with E-state index in [1.807, 2.05) is 18.3 Å². The van der Waals surface area contributed by atoms with Crippen molar-refractivity contribution >= 4 is 15.9 Å². The molecule has 1 aromatic carbocycles. The van der Waals surface area contributed by atoms with Crippen LogP contribution in [-0.4, -0.2) is 22.4 Å². The number of aromatic amines is 1. The summed E-state index contributed by atoms with van der Waals surface area (Å²) in [5.41, 5.74) is 2.13. The van der Waals surface area contributed by atoms with Gasteiger partial charge in [0.1, 0.15) is 0 Å². The number of H-pyrrole nitrogens is 1. The largest absolute Gasteiger partial charge is 0.503 e. The van der Waals surface area contributed by atoms with Crippen LogP contribution < -0.4 is 10.1 Å². The summed E-state index contributed by atoms with van der Waals surface area (Å²) in [4.78, 5) is 0. The number of phenolic OH excluding ortho intramolecular Hbond substituents is 1. The Kier molecular flexibility index (Phi) is 4.44. The summed E-state index contributed by atoms with van der Waals surface area (Å²) in [5.74, 6) is 0.580. The van der Waals surface area contributed by atoms with Crippen molar-refractivity contribution in [1.29, 1.82) is 0 Å². The van der Waals surface area contributed by atoms with Crippen LogP contribution in [0, 0.1) is 0 Å². The Labute approximate surface area is 120 Å². The topological polar surface area (TPSA) is 70.2 Å². The van der Waals surface area contributed by atoms with E-state index in [1.54, 1.807) is 6.20 Å². The van der Waals surface area contributed by atoms with Crippen molar-refractivity contribution in [2.24, 2.45) is 0 Å². The highest BCUT2D eigenvalue weighted by molar-refractivity contribution is 9.10. The summed E-state index contributed by atoms with van der Waals surface area (Å²) in [7, 11) is 1.53. The van der Waals surface area contributed by atoms with Gasteiger partial charge in [0.25, 0.3) is 0 Å². The van der Waals surface area contributed by atoms with Crippen LogP contribution in [0.5, 0.6) is 11.5 Å². The number of rotatable bonds is 5. The summed E-state index contributed by atoms with van der Waals surface area (Å²) in [6.07, 6.45) is 3.66. The second-order valence-corrected chi connectivity index (χ2v) is 5.12. The normalized spacial score (nSPS) is 12.4. The van der Waals surface area contributed by atoms with Gasteiger partial charge in [-0.1, -0.05) is 0 Å². The molecule has 2 aromatic rings. The maximum absolute atomic E-state index is 9.74. The zero-order chi connectivity index (χ0) is 13.8. The average Bonchev–Trinajstić information content (AvgIpc) is 2.93. The highest BCUT2D eigenvalue weighted by Gasteiger charge is 2.10. The lowest BCUT2D eigenvalue weighted by atomic mass is 10.1. The van der Waals surface area contributed by atoms with E-state index in [-0.39, 0.29) is 11.8 Å². The van der Waals surface area contributed by atoms with Crippen molar-refractivity contribution in [3.63, 3.8) is 0 Å². The predicted molar refractivity (Wildman–Crippen MR) is 76.2 cm³/mol. The van der Waals surface area contributed by atoms with Crippen LogP contribution in [0.25, 0.3) is 0 Å². The number of hydrogen-bond donors (Lipinski definition) is 3. The molecule has 6 heteroatoms. The lowest BCUT2D eigenvalue weighted by Gasteiger charge is -2.13. The summed E-state index contributed by atoms with van der Waals surface area (Å²) in [6, 6.07) is 3.87. The van der Waals surface area contributed by atoms with E-state index in [2.05, 4.69) is 38.4 Å². The number of aromatic hydroxyl groups is 1. The maximum atomic E-state index is 9.74. The summed E-state index contributed by atoms with van der Waals surface area (Å²) in [5, 5.41) is 19.8. The van der Waals surface area contributed by atoms with Crippen LogP contribution in [0.1, 0.15) is 24.1 Å². The first-order chi connectivity index (χ1) is 9.11. The van der Waals surface area contributed by atoms with Gasteiger partial charge in [0.15, 0.2) is 11.5 Å². The molecule has 0 aliphatic rings. The Morgan fingerprint density at radius 1 is 1.53 bits per heavy atom. The number of ether oxygens (including phenoxy) is 1. The summed E-state index contributed by atoms with van der Waals surface area (Å²) in [6.45, 7) is 2.74. The van der Waals surface area contributed by atoms with Crippen LogP contribution in [0.4, 0.5) is 0 Å². The Bertz CT molecular complexity index is 543. The molecule has 0 aliphatic carbocycles. The molecule has 0 aliphatic heterocycles. The molecular weight excluding hydrogens is 310 g/mol. The molecule has 0 amide bonds. The van der Waals surface area contributed by atoms with E-state index in [4.69, 9.17) is 4.74 Å². The third-order valence-electron chi connectivity index (χ3n) is 2.94. The lowest BCUT2D eigenvalue weighted by Crippen LogP contribution is -2.17. The zero-order valence-electron chi connectivity index (χ0n) is 10.8. The fourth-order valence-corrected chi connectivity index (χ4v) is 2.26. The third-order valence-corrected chi connectivity index (χ3v) is 3.54. The number of benzene rings is 1. The Morgan fingerprint density at radius 2 is 2.32 bits per heavy atom. The summed E-state index contributed by atoms with van der Waals surface area (Å²) >= 11 is 3.31. The number of methoxy groups -OCH3 is 1. The highest BCUT2D eigenvalue weighted by atomic mass is 79.9. The predicted octanol–water partition coefficient (Wildman–Crippen LogP) is 2.74. The molecule has 0 radical (unpaired) electrons. The summed E-state index contributed by atoms with van der Waals surface area (Å²) < 4.78 is 5.75. The Balaban J connectivity index is 2.05. The first-order valence-electron chi connectivity index (χ1n) is 5.89. The van der Waals surface area contributed by atoms with Crippen LogP contribution in [-0.2, 0) is 6.54 Å². The molecule has 102 valence electrons. The van der Waals surface area contributed by atoms with Gasteiger partial charge >= 0.3 is 0 Å². The zero-order valence-corrected chi connectivity index (χ0v) is 12.4. The van der Waals surface area contributed by atoms with Crippen molar-refractivity contribution < 1.29 is 9.84 Å². The van der Waals surface area contributed by atoms with Gasteiger partial charge in [-0.3, -0.25) is 5.10 Å². The number of phenols is 1. The van der Waals surface area contributed by atoms with Crippen molar-refractivity contribution in [2.75, 3.05) is 7.11 Å². The molecular formula is C13H16BrN3O2. The minimum atomic E-state index is 0.120. The van der Waals surface area contributed by atoms with E-state index >= 15 is 0 Å². The molecule has 1 aromatic heterocycles. The molecule has 0 saturated carbocycles. The van der Waals surface area contributed by atoms with Gasteiger partial charge in [-0.2, -0.15) is 5.10 Å². The van der Waals surface area contributed by atoms with Gasteiger partial charge in [0.05, 0.1) is 17.8 Å². The van der Waals surface area contributed by atoms with Crippen LogP contribution >= 0.6 is 15.9 Å². The molecule has 0 spiro atoms. The van der Waals surface area contributed by atoms with Crippen molar-refractivity contribution in [2.45, 2.75) is 19.5 Å². The second-order valence-electron chi connectivity index (χ2n) is 4.26. The minimum absolute atomic E-state index is 0.120. The van der Waals surface area contributed by atoms with E-state index in [9.17, 15) is 5.11 Å². The number of halogens is 1. The molecule has 5 nitrogen and oxygen atoms in total. The highest BCUT2D eigenvalue weighted by Crippen LogP contribution is 2.35. The van der Waals surface area contributed by atoms with Gasteiger partial charge in [-0.15, -0.1) is 0 Å². The minimum Gasteiger partial charge on any atom is -0.503 e. The number of aromatic nitrogens is 2. The average molecular weight is 326 g/mol. The molecule has 1 heterocycles. The SMILES string of the molecule is COc1cc(CNC(C)c2cn[nH]c2)cc(Br)c1O.